The van der Waals surface area contributed by atoms with Gasteiger partial charge in [-0.2, -0.15) is 0 Å². The van der Waals surface area contributed by atoms with Crippen LogP contribution in [0.15, 0.2) is 42.6 Å². The van der Waals surface area contributed by atoms with E-state index in [4.69, 9.17) is 0 Å². The van der Waals surface area contributed by atoms with E-state index in [1.165, 1.54) is 0 Å². The van der Waals surface area contributed by atoms with Gasteiger partial charge in [0.2, 0.25) is 5.91 Å². The largest absolute Gasteiger partial charge is 0.382 e. The van der Waals surface area contributed by atoms with E-state index in [0.29, 0.717) is 17.7 Å². The number of nitrogens with zero attached hydrogens (tertiary/aromatic N) is 1. The Kier molecular flexibility index (Phi) is 5.06. The molecule has 0 aliphatic heterocycles. The summed E-state index contributed by atoms with van der Waals surface area (Å²) in [5, 5.41) is 13.3. The molecule has 1 amide bonds. The number of hydrogen-bond donors (Lipinski definition) is 2. The van der Waals surface area contributed by atoms with E-state index in [9.17, 15) is 9.90 Å². The minimum atomic E-state index is -0.798. The Morgan fingerprint density at radius 1 is 1.33 bits per heavy atom. The van der Waals surface area contributed by atoms with Gasteiger partial charge in [0.05, 0.1) is 5.69 Å². The van der Waals surface area contributed by atoms with Crippen molar-refractivity contribution in [3.63, 3.8) is 0 Å². The Labute approximate surface area is 124 Å². The Balaban J connectivity index is 2.24. The molecule has 2 N–H and O–H groups in total. The van der Waals surface area contributed by atoms with E-state index in [-0.39, 0.29) is 5.91 Å². The monoisotopic (exact) mass is 284 g/mol. The summed E-state index contributed by atoms with van der Waals surface area (Å²) in [5.41, 5.74) is 3.01. The van der Waals surface area contributed by atoms with Gasteiger partial charge in [-0.3, -0.25) is 9.78 Å². The van der Waals surface area contributed by atoms with Crippen LogP contribution >= 0.6 is 0 Å². The number of benzene rings is 1. The Hall–Kier alpha value is -2.20. The van der Waals surface area contributed by atoms with E-state index >= 15 is 0 Å². The predicted octanol–water partition coefficient (Wildman–Crippen LogP) is 3.21. The molecule has 0 radical (unpaired) electrons. The molecule has 2 aromatic rings. The number of amides is 1. The summed E-state index contributed by atoms with van der Waals surface area (Å²) in [6.07, 6.45) is 2.15. The molecule has 110 valence electrons. The zero-order chi connectivity index (χ0) is 15.2. The van der Waals surface area contributed by atoms with Crippen LogP contribution in [0.3, 0.4) is 0 Å². The van der Waals surface area contributed by atoms with Gasteiger partial charge in [-0.25, -0.2) is 0 Å². The minimum absolute atomic E-state index is 0.00919. The zero-order valence-electron chi connectivity index (χ0n) is 12.3. The van der Waals surface area contributed by atoms with E-state index in [1.807, 2.05) is 44.2 Å². The van der Waals surface area contributed by atoms with E-state index in [0.717, 1.165) is 17.7 Å². The lowest BCUT2D eigenvalue weighted by Crippen LogP contribution is -2.12. The third-order valence-corrected chi connectivity index (χ3v) is 3.30. The lowest BCUT2D eigenvalue weighted by atomic mass is 10.0. The van der Waals surface area contributed by atoms with Gasteiger partial charge in [-0.1, -0.05) is 25.1 Å². The van der Waals surface area contributed by atoms with Crippen LogP contribution < -0.4 is 5.32 Å². The highest BCUT2D eigenvalue weighted by molar-refractivity contribution is 5.91. The van der Waals surface area contributed by atoms with Gasteiger partial charge in [0.25, 0.3) is 0 Å². The van der Waals surface area contributed by atoms with Crippen LogP contribution in [0.2, 0.25) is 0 Å². The fourth-order valence-corrected chi connectivity index (χ4v) is 2.09. The third-order valence-electron chi connectivity index (χ3n) is 3.30. The maximum Gasteiger partial charge on any atom is 0.224 e. The summed E-state index contributed by atoms with van der Waals surface area (Å²) in [5.74, 6) is -0.00919. The van der Waals surface area contributed by atoms with Gasteiger partial charge >= 0.3 is 0 Å². The van der Waals surface area contributed by atoms with Gasteiger partial charge in [0.1, 0.15) is 6.10 Å². The molecule has 0 bridgehead atoms. The van der Waals surface area contributed by atoms with Gasteiger partial charge in [0.15, 0.2) is 0 Å². The molecule has 1 aromatic heterocycles. The highest BCUT2D eigenvalue weighted by Crippen LogP contribution is 2.25. The summed E-state index contributed by atoms with van der Waals surface area (Å²) >= 11 is 0. The lowest BCUT2D eigenvalue weighted by molar-refractivity contribution is -0.116. The van der Waals surface area contributed by atoms with Crippen LogP contribution in [0.4, 0.5) is 5.69 Å². The molecule has 0 fully saturated rings. The average molecular weight is 284 g/mol. The molecular weight excluding hydrogens is 264 g/mol. The zero-order valence-corrected chi connectivity index (χ0v) is 12.3. The number of nitrogens with one attached hydrogen (secondary N) is 1. The number of aryl methyl sites for hydroxylation is 1. The number of anilines is 1. The first-order valence-electron chi connectivity index (χ1n) is 7.11. The molecule has 0 saturated heterocycles. The lowest BCUT2D eigenvalue weighted by Gasteiger charge is -2.14. The first-order valence-corrected chi connectivity index (χ1v) is 7.11. The minimum Gasteiger partial charge on any atom is -0.382 e. The molecule has 4 heteroatoms. The van der Waals surface area contributed by atoms with Crippen LogP contribution in [0, 0.1) is 6.92 Å². The van der Waals surface area contributed by atoms with Crippen molar-refractivity contribution in [1.82, 2.24) is 4.98 Å². The second kappa shape index (κ2) is 6.99. The number of pyridine rings is 1. The van der Waals surface area contributed by atoms with Crippen LogP contribution in [-0.4, -0.2) is 16.0 Å². The molecule has 1 atom stereocenters. The van der Waals surface area contributed by atoms with Crippen molar-refractivity contribution in [2.24, 2.45) is 0 Å². The first-order chi connectivity index (χ1) is 10.1. The molecular formula is C17H20N2O2. The predicted molar refractivity (Wildman–Crippen MR) is 83.0 cm³/mol. The van der Waals surface area contributed by atoms with Crippen molar-refractivity contribution in [2.75, 3.05) is 5.32 Å². The van der Waals surface area contributed by atoms with Gasteiger partial charge in [-0.15, -0.1) is 0 Å². The average Bonchev–Trinajstić information content (AvgIpc) is 2.50. The number of aliphatic hydroxyl groups excluding tert-OH is 1. The van der Waals surface area contributed by atoms with E-state index < -0.39 is 6.10 Å². The number of carbonyl (C=O) groups excluding carboxylic acids is 1. The number of rotatable bonds is 5. The topological polar surface area (TPSA) is 62.2 Å². The van der Waals surface area contributed by atoms with Crippen LogP contribution in [0.1, 0.15) is 42.7 Å². The molecule has 1 heterocycles. The molecule has 1 aromatic carbocycles. The standard InChI is InChI=1S/C17H20N2O2/c1-3-6-16(20)19-15-11-13(9-8-12(15)2)17(21)14-7-4-5-10-18-14/h4-5,7-11,17,21H,3,6H2,1-2H3,(H,19,20)/t17-/m1/s1. The summed E-state index contributed by atoms with van der Waals surface area (Å²) in [7, 11) is 0. The Morgan fingerprint density at radius 3 is 2.81 bits per heavy atom. The first kappa shape index (κ1) is 15.2. The molecule has 0 aliphatic carbocycles. The number of hydrogen-bond acceptors (Lipinski definition) is 3. The molecule has 0 saturated carbocycles. The van der Waals surface area contributed by atoms with Crippen LogP contribution in [0.5, 0.6) is 0 Å². The van der Waals surface area contributed by atoms with Crippen molar-refractivity contribution in [3.05, 3.63) is 59.4 Å². The smallest absolute Gasteiger partial charge is 0.224 e. The quantitative estimate of drug-likeness (QED) is 0.886. The summed E-state index contributed by atoms with van der Waals surface area (Å²) in [4.78, 5) is 15.9. The van der Waals surface area contributed by atoms with Crippen LogP contribution in [0.25, 0.3) is 0 Å². The molecule has 21 heavy (non-hydrogen) atoms. The van der Waals surface area contributed by atoms with Crippen molar-refractivity contribution in [2.45, 2.75) is 32.8 Å². The normalized spacial score (nSPS) is 12.0. The maximum absolute atomic E-state index is 11.7. The Morgan fingerprint density at radius 2 is 2.14 bits per heavy atom. The second-order valence-corrected chi connectivity index (χ2v) is 5.03. The maximum atomic E-state index is 11.7. The van der Waals surface area contributed by atoms with E-state index in [2.05, 4.69) is 10.3 Å². The number of carbonyl (C=O) groups is 1. The van der Waals surface area contributed by atoms with Crippen molar-refractivity contribution < 1.29 is 9.90 Å². The molecule has 4 nitrogen and oxygen atoms in total. The van der Waals surface area contributed by atoms with Crippen molar-refractivity contribution >= 4 is 11.6 Å². The number of aliphatic hydroxyl groups is 1. The summed E-state index contributed by atoms with van der Waals surface area (Å²) in [6.45, 7) is 3.90. The van der Waals surface area contributed by atoms with Gasteiger partial charge < -0.3 is 10.4 Å². The fraction of sp³-hybridized carbons (Fsp3) is 0.294. The van der Waals surface area contributed by atoms with Crippen molar-refractivity contribution in [3.8, 4) is 0 Å². The second-order valence-electron chi connectivity index (χ2n) is 5.03. The summed E-state index contributed by atoms with van der Waals surface area (Å²) in [6, 6.07) is 11.0. The summed E-state index contributed by atoms with van der Waals surface area (Å²) < 4.78 is 0. The molecule has 0 spiro atoms. The molecule has 0 unspecified atom stereocenters. The van der Waals surface area contributed by atoms with Gasteiger partial charge in [0, 0.05) is 18.3 Å². The third kappa shape index (κ3) is 3.89. The van der Waals surface area contributed by atoms with E-state index in [1.54, 1.807) is 12.3 Å². The molecule has 2 rings (SSSR count). The Bertz CT molecular complexity index is 611. The number of aromatic nitrogens is 1. The SMILES string of the molecule is CCCC(=O)Nc1cc([C@@H](O)c2ccccn2)ccc1C. The van der Waals surface area contributed by atoms with Gasteiger partial charge in [-0.05, 0) is 42.7 Å². The fourth-order valence-electron chi connectivity index (χ4n) is 2.09. The van der Waals surface area contributed by atoms with Crippen LogP contribution in [-0.2, 0) is 4.79 Å². The highest BCUT2D eigenvalue weighted by atomic mass is 16.3. The highest BCUT2D eigenvalue weighted by Gasteiger charge is 2.13. The van der Waals surface area contributed by atoms with Crippen molar-refractivity contribution in [1.29, 1.82) is 0 Å². The molecule has 0 aliphatic rings.